The molecular weight excluding hydrogens is 262 g/mol. The lowest BCUT2D eigenvalue weighted by Gasteiger charge is -2.13. The molecule has 0 spiro atoms. The van der Waals surface area contributed by atoms with Crippen molar-refractivity contribution in [3.63, 3.8) is 0 Å². The van der Waals surface area contributed by atoms with Crippen molar-refractivity contribution >= 4 is 34.3 Å². The number of halogens is 1. The van der Waals surface area contributed by atoms with Crippen LogP contribution in [0.15, 0.2) is 17.6 Å². The van der Waals surface area contributed by atoms with Crippen LogP contribution in [0.5, 0.6) is 0 Å². The summed E-state index contributed by atoms with van der Waals surface area (Å²) in [5.41, 5.74) is 5.72. The van der Waals surface area contributed by atoms with Crippen LogP contribution in [0.4, 0.5) is 0 Å². The van der Waals surface area contributed by atoms with Gasteiger partial charge in [0, 0.05) is 16.2 Å². The summed E-state index contributed by atoms with van der Waals surface area (Å²) in [7, 11) is 0. The van der Waals surface area contributed by atoms with Crippen molar-refractivity contribution < 1.29 is 0 Å². The van der Waals surface area contributed by atoms with Gasteiger partial charge in [-0.1, -0.05) is 11.6 Å². The number of nitrogens with two attached hydrogens (primary N) is 1. The van der Waals surface area contributed by atoms with Crippen LogP contribution in [-0.4, -0.2) is 4.98 Å². The number of aromatic nitrogens is 1. The number of thiazole rings is 1. The Kier molecular flexibility index (Phi) is 3.94. The summed E-state index contributed by atoms with van der Waals surface area (Å²) >= 11 is 9.12. The maximum atomic E-state index is 5.90. The monoisotopic (exact) mass is 273 g/mol. The first-order valence-electron chi connectivity index (χ1n) is 4.81. The van der Waals surface area contributed by atoms with Gasteiger partial charge in [-0.05, 0) is 19.1 Å². The van der Waals surface area contributed by atoms with E-state index >= 15 is 0 Å². The molecule has 3 N–H and O–H groups in total. The fourth-order valence-corrected chi connectivity index (χ4v) is 3.53. The van der Waals surface area contributed by atoms with Gasteiger partial charge < -0.3 is 0 Å². The van der Waals surface area contributed by atoms with Crippen molar-refractivity contribution in [2.45, 2.75) is 19.4 Å². The molecule has 0 saturated carbocycles. The van der Waals surface area contributed by atoms with Gasteiger partial charge in [-0.3, -0.25) is 11.3 Å². The highest BCUT2D eigenvalue weighted by Gasteiger charge is 2.16. The topological polar surface area (TPSA) is 50.9 Å². The third-order valence-electron chi connectivity index (χ3n) is 2.33. The van der Waals surface area contributed by atoms with Crippen LogP contribution in [0.2, 0.25) is 4.34 Å². The summed E-state index contributed by atoms with van der Waals surface area (Å²) in [4.78, 5) is 6.64. The van der Waals surface area contributed by atoms with Crippen molar-refractivity contribution in [2.24, 2.45) is 5.84 Å². The summed E-state index contributed by atoms with van der Waals surface area (Å²) < 4.78 is 0.812. The zero-order chi connectivity index (χ0) is 11.5. The SMILES string of the molecule is Cc1ncsc1C(Cc1ccc(Cl)s1)NN. The van der Waals surface area contributed by atoms with Gasteiger partial charge in [-0.15, -0.1) is 22.7 Å². The molecular formula is C10H12ClN3S2. The zero-order valence-electron chi connectivity index (χ0n) is 8.74. The lowest BCUT2D eigenvalue weighted by molar-refractivity contribution is 0.561. The van der Waals surface area contributed by atoms with Gasteiger partial charge in [0.1, 0.15) is 0 Å². The number of nitrogens with one attached hydrogen (secondary N) is 1. The summed E-state index contributed by atoms with van der Waals surface area (Å²) in [6, 6.07) is 4.06. The van der Waals surface area contributed by atoms with Crippen LogP contribution in [0.1, 0.15) is 21.5 Å². The lowest BCUT2D eigenvalue weighted by Crippen LogP contribution is -2.29. The normalized spacial score (nSPS) is 12.9. The van der Waals surface area contributed by atoms with Gasteiger partial charge in [0.15, 0.2) is 0 Å². The van der Waals surface area contributed by atoms with Gasteiger partial charge in [0.05, 0.1) is 21.6 Å². The van der Waals surface area contributed by atoms with E-state index in [9.17, 15) is 0 Å². The Bertz CT molecular complexity index is 466. The van der Waals surface area contributed by atoms with E-state index in [2.05, 4.69) is 10.4 Å². The quantitative estimate of drug-likeness (QED) is 0.665. The molecule has 2 aromatic rings. The van der Waals surface area contributed by atoms with E-state index in [1.54, 1.807) is 22.7 Å². The first-order valence-corrected chi connectivity index (χ1v) is 6.88. The number of hydrogen-bond acceptors (Lipinski definition) is 5. The Hall–Kier alpha value is -0.460. The average Bonchev–Trinajstić information content (AvgIpc) is 2.84. The summed E-state index contributed by atoms with van der Waals surface area (Å²) in [5, 5.41) is 0. The smallest absolute Gasteiger partial charge is 0.0931 e. The molecule has 2 aromatic heterocycles. The van der Waals surface area contributed by atoms with Crippen molar-refractivity contribution in [1.82, 2.24) is 10.4 Å². The summed E-state index contributed by atoms with van der Waals surface area (Å²) in [6.45, 7) is 2.00. The molecule has 3 nitrogen and oxygen atoms in total. The molecule has 0 saturated heterocycles. The maximum absolute atomic E-state index is 5.90. The third-order valence-corrected chi connectivity index (χ3v) is 4.63. The number of rotatable bonds is 4. The van der Waals surface area contributed by atoms with Crippen LogP contribution < -0.4 is 11.3 Å². The van der Waals surface area contributed by atoms with Crippen molar-refractivity contribution in [2.75, 3.05) is 0 Å². The van der Waals surface area contributed by atoms with Gasteiger partial charge >= 0.3 is 0 Å². The predicted octanol–water partition coefficient (Wildman–Crippen LogP) is 2.91. The highest BCUT2D eigenvalue weighted by atomic mass is 35.5. The van der Waals surface area contributed by atoms with Crippen LogP contribution in [0.25, 0.3) is 0 Å². The molecule has 0 aliphatic carbocycles. The van der Waals surface area contributed by atoms with Crippen LogP contribution in [0, 0.1) is 6.92 Å². The van der Waals surface area contributed by atoms with Gasteiger partial charge in [0.25, 0.3) is 0 Å². The van der Waals surface area contributed by atoms with E-state index in [-0.39, 0.29) is 6.04 Å². The van der Waals surface area contributed by atoms with E-state index in [0.717, 1.165) is 16.5 Å². The minimum absolute atomic E-state index is 0.113. The number of thiophene rings is 1. The van der Waals surface area contributed by atoms with Crippen LogP contribution >= 0.6 is 34.3 Å². The Morgan fingerprint density at radius 1 is 1.56 bits per heavy atom. The molecule has 0 aromatic carbocycles. The molecule has 86 valence electrons. The number of hydrazine groups is 1. The van der Waals surface area contributed by atoms with Crippen LogP contribution in [0.3, 0.4) is 0 Å². The average molecular weight is 274 g/mol. The molecule has 2 rings (SSSR count). The Morgan fingerprint density at radius 2 is 2.38 bits per heavy atom. The molecule has 0 bridgehead atoms. The standard InChI is InChI=1S/C10H12ClN3S2/c1-6-10(15-5-13-6)8(14-12)4-7-2-3-9(11)16-7/h2-3,5,8,14H,4,12H2,1H3. The second kappa shape index (κ2) is 5.25. The molecule has 0 radical (unpaired) electrons. The molecule has 0 aliphatic heterocycles. The Labute approximate surface area is 107 Å². The van der Waals surface area contributed by atoms with E-state index in [1.165, 1.54) is 9.75 Å². The molecule has 2 heterocycles. The Balaban J connectivity index is 2.15. The number of nitrogens with zero attached hydrogens (tertiary/aromatic N) is 1. The fourth-order valence-electron chi connectivity index (χ4n) is 1.54. The molecule has 0 amide bonds. The van der Waals surface area contributed by atoms with E-state index < -0.39 is 0 Å². The predicted molar refractivity (Wildman–Crippen MR) is 69.9 cm³/mol. The van der Waals surface area contributed by atoms with Crippen molar-refractivity contribution in [3.8, 4) is 0 Å². The number of hydrogen-bond donors (Lipinski definition) is 2. The highest BCUT2D eigenvalue weighted by molar-refractivity contribution is 7.16. The maximum Gasteiger partial charge on any atom is 0.0931 e. The minimum atomic E-state index is 0.113. The largest absolute Gasteiger partial charge is 0.271 e. The van der Waals surface area contributed by atoms with E-state index in [1.807, 2.05) is 24.6 Å². The molecule has 16 heavy (non-hydrogen) atoms. The molecule has 1 unspecified atom stereocenters. The number of aryl methyl sites for hydroxylation is 1. The second-order valence-electron chi connectivity index (χ2n) is 3.43. The fraction of sp³-hybridized carbons (Fsp3) is 0.300. The van der Waals surface area contributed by atoms with Gasteiger partial charge in [0.2, 0.25) is 0 Å². The first-order chi connectivity index (χ1) is 7.70. The molecule has 1 atom stereocenters. The molecule has 6 heteroatoms. The van der Waals surface area contributed by atoms with Crippen LogP contribution in [-0.2, 0) is 6.42 Å². The third kappa shape index (κ3) is 2.61. The zero-order valence-corrected chi connectivity index (χ0v) is 11.1. The van der Waals surface area contributed by atoms with E-state index in [4.69, 9.17) is 17.4 Å². The van der Waals surface area contributed by atoms with Crippen molar-refractivity contribution in [3.05, 3.63) is 37.4 Å². The summed E-state index contributed by atoms with van der Waals surface area (Å²) in [6.07, 6.45) is 0.844. The van der Waals surface area contributed by atoms with E-state index in [0.29, 0.717) is 0 Å². The molecule has 0 fully saturated rings. The lowest BCUT2D eigenvalue weighted by atomic mass is 10.1. The van der Waals surface area contributed by atoms with Crippen molar-refractivity contribution in [1.29, 1.82) is 0 Å². The second-order valence-corrected chi connectivity index (χ2v) is 6.12. The Morgan fingerprint density at radius 3 is 2.88 bits per heavy atom. The van der Waals surface area contributed by atoms with Gasteiger partial charge in [-0.25, -0.2) is 4.98 Å². The minimum Gasteiger partial charge on any atom is -0.271 e. The molecule has 0 aliphatic rings. The van der Waals surface area contributed by atoms with Gasteiger partial charge in [-0.2, -0.15) is 0 Å². The first kappa shape index (κ1) is 12.0. The summed E-state index contributed by atoms with van der Waals surface area (Å²) in [5.74, 6) is 5.59. The highest BCUT2D eigenvalue weighted by Crippen LogP contribution is 2.29.